The Hall–Kier alpha value is -0.820. The zero-order valence-electron chi connectivity index (χ0n) is 9.33. The minimum Gasteiger partial charge on any atom is -0.382 e. The lowest BCUT2D eigenvalue weighted by atomic mass is 9.84. The Balaban J connectivity index is 2.39. The summed E-state index contributed by atoms with van der Waals surface area (Å²) in [7, 11) is 0. The van der Waals surface area contributed by atoms with Gasteiger partial charge in [-0.2, -0.15) is 13.2 Å². The van der Waals surface area contributed by atoms with Crippen molar-refractivity contribution in [3.63, 3.8) is 0 Å². The van der Waals surface area contributed by atoms with Gasteiger partial charge in [0.15, 0.2) is 6.10 Å². The second kappa shape index (κ2) is 5.68. The monoisotopic (exact) mass is 254 g/mol. The number of nitrogens with one attached hydrogen (secondary N) is 1. The highest BCUT2D eigenvalue weighted by molar-refractivity contribution is 5.79. The first-order valence-corrected chi connectivity index (χ1v) is 5.60. The molecule has 100 valence electrons. The zero-order chi connectivity index (χ0) is 13.1. The van der Waals surface area contributed by atoms with Crippen LogP contribution >= 0.6 is 0 Å². The molecule has 0 saturated heterocycles. The normalized spacial score (nSPS) is 27.6. The van der Waals surface area contributed by atoms with Gasteiger partial charge in [0.25, 0.3) is 0 Å². The molecule has 0 aromatic heterocycles. The van der Waals surface area contributed by atoms with Crippen molar-refractivity contribution >= 4 is 5.91 Å². The summed E-state index contributed by atoms with van der Waals surface area (Å²) >= 11 is 0. The summed E-state index contributed by atoms with van der Waals surface area (Å²) in [5, 5.41) is 10.8. The maximum Gasteiger partial charge on any atom is 0.416 e. The maximum absolute atomic E-state index is 12.0. The highest BCUT2D eigenvalue weighted by atomic mass is 19.4. The van der Waals surface area contributed by atoms with Crippen molar-refractivity contribution in [1.29, 1.82) is 0 Å². The van der Waals surface area contributed by atoms with Gasteiger partial charge in [0, 0.05) is 6.04 Å². The third kappa shape index (κ3) is 4.16. The molecule has 1 fully saturated rings. The largest absolute Gasteiger partial charge is 0.416 e. The van der Waals surface area contributed by atoms with Gasteiger partial charge in [0.1, 0.15) is 0 Å². The van der Waals surface area contributed by atoms with Crippen LogP contribution in [0.15, 0.2) is 0 Å². The van der Waals surface area contributed by atoms with E-state index in [9.17, 15) is 18.0 Å². The molecule has 0 bridgehead atoms. The molecule has 4 nitrogen and oxygen atoms in total. The molecule has 3 atom stereocenters. The number of amides is 1. The lowest BCUT2D eigenvalue weighted by molar-refractivity contribution is -0.202. The van der Waals surface area contributed by atoms with Gasteiger partial charge in [0.05, 0.1) is 12.5 Å². The summed E-state index contributed by atoms with van der Waals surface area (Å²) in [6.45, 7) is -0.814. The topological polar surface area (TPSA) is 75.4 Å². The summed E-state index contributed by atoms with van der Waals surface area (Å²) in [4.78, 5) is 11.6. The lowest BCUT2D eigenvalue weighted by Crippen LogP contribution is -2.47. The van der Waals surface area contributed by atoms with Crippen LogP contribution in [0.5, 0.6) is 0 Å². The van der Waals surface area contributed by atoms with E-state index in [1.807, 2.05) is 0 Å². The maximum atomic E-state index is 12.0. The van der Waals surface area contributed by atoms with Crippen molar-refractivity contribution in [2.75, 3.05) is 6.54 Å². The fourth-order valence-electron chi connectivity index (χ4n) is 1.93. The third-order valence-corrected chi connectivity index (χ3v) is 3.00. The molecule has 0 radical (unpaired) electrons. The van der Waals surface area contributed by atoms with Crippen molar-refractivity contribution in [2.24, 2.45) is 11.7 Å². The minimum absolute atomic E-state index is 0.299. The zero-order valence-corrected chi connectivity index (χ0v) is 9.33. The van der Waals surface area contributed by atoms with Crippen LogP contribution in [0.3, 0.4) is 0 Å². The highest BCUT2D eigenvalue weighted by Crippen LogP contribution is 2.23. The molecular formula is C10H17F3N2O2. The number of carbonyl (C=O) groups excluding carboxylic acids is 1. The van der Waals surface area contributed by atoms with E-state index in [2.05, 4.69) is 5.32 Å². The van der Waals surface area contributed by atoms with Crippen LogP contribution in [0.2, 0.25) is 0 Å². The van der Waals surface area contributed by atoms with Gasteiger partial charge in [-0.3, -0.25) is 4.79 Å². The Morgan fingerprint density at radius 3 is 2.53 bits per heavy atom. The summed E-state index contributed by atoms with van der Waals surface area (Å²) in [6.07, 6.45) is -4.13. The van der Waals surface area contributed by atoms with Crippen LogP contribution in [0.25, 0.3) is 0 Å². The van der Waals surface area contributed by atoms with Gasteiger partial charge in [0.2, 0.25) is 5.91 Å². The predicted molar refractivity (Wildman–Crippen MR) is 55.0 cm³/mol. The third-order valence-electron chi connectivity index (χ3n) is 3.00. The minimum atomic E-state index is -4.71. The molecular weight excluding hydrogens is 237 g/mol. The van der Waals surface area contributed by atoms with E-state index >= 15 is 0 Å². The number of rotatable bonds is 3. The molecule has 0 spiro atoms. The Morgan fingerprint density at radius 1 is 1.41 bits per heavy atom. The van der Waals surface area contributed by atoms with Crippen LogP contribution in [0.1, 0.15) is 25.7 Å². The number of alkyl halides is 3. The van der Waals surface area contributed by atoms with E-state index in [4.69, 9.17) is 10.8 Å². The van der Waals surface area contributed by atoms with Gasteiger partial charge >= 0.3 is 6.18 Å². The second-order valence-corrected chi connectivity index (χ2v) is 4.36. The highest BCUT2D eigenvalue weighted by Gasteiger charge is 2.38. The fourth-order valence-corrected chi connectivity index (χ4v) is 1.93. The molecule has 7 heteroatoms. The second-order valence-electron chi connectivity index (χ2n) is 4.36. The van der Waals surface area contributed by atoms with Crippen LogP contribution in [0, 0.1) is 5.92 Å². The molecule has 1 amide bonds. The molecule has 1 aliphatic carbocycles. The standard InChI is InChI=1S/C10H17F3N2O2/c11-10(12,13)8(16)5-15-9(17)6-3-1-2-4-7(6)14/h6-8,16H,1-5,14H2,(H,15,17). The fraction of sp³-hybridized carbons (Fsp3) is 0.900. The predicted octanol–water partition coefficient (Wildman–Crippen LogP) is 0.543. The average Bonchev–Trinajstić information content (AvgIpc) is 2.24. The first kappa shape index (κ1) is 14.2. The summed E-state index contributed by atoms with van der Waals surface area (Å²) in [6, 6.07) is -0.299. The molecule has 4 N–H and O–H groups in total. The first-order valence-electron chi connectivity index (χ1n) is 5.60. The van der Waals surface area contributed by atoms with Crippen LogP contribution in [-0.4, -0.2) is 35.9 Å². The van der Waals surface area contributed by atoms with Crippen LogP contribution in [-0.2, 0) is 4.79 Å². The van der Waals surface area contributed by atoms with Crippen LogP contribution in [0.4, 0.5) is 13.2 Å². The summed E-state index contributed by atoms with van der Waals surface area (Å²) in [5.41, 5.74) is 5.73. The molecule has 0 aromatic rings. The number of aliphatic hydroxyl groups is 1. The first-order chi connectivity index (χ1) is 7.82. The Bertz CT molecular complexity index is 271. The number of carbonyl (C=O) groups is 1. The number of hydrogen-bond acceptors (Lipinski definition) is 3. The van der Waals surface area contributed by atoms with Crippen LogP contribution < -0.4 is 11.1 Å². The van der Waals surface area contributed by atoms with Gasteiger partial charge < -0.3 is 16.2 Å². The summed E-state index contributed by atoms with van der Waals surface area (Å²) < 4.78 is 36.0. The number of hydrogen-bond donors (Lipinski definition) is 3. The Labute approximate surface area is 97.4 Å². The molecule has 17 heavy (non-hydrogen) atoms. The van der Waals surface area contributed by atoms with E-state index in [0.717, 1.165) is 12.8 Å². The molecule has 0 aliphatic heterocycles. The molecule has 0 heterocycles. The van der Waals surface area contributed by atoms with Crippen molar-refractivity contribution in [3.05, 3.63) is 0 Å². The van der Waals surface area contributed by atoms with Gasteiger partial charge in [-0.15, -0.1) is 0 Å². The molecule has 1 aliphatic rings. The number of aliphatic hydroxyl groups excluding tert-OH is 1. The van der Waals surface area contributed by atoms with Gasteiger partial charge in [-0.1, -0.05) is 12.8 Å². The smallest absolute Gasteiger partial charge is 0.382 e. The van der Waals surface area contributed by atoms with Crippen molar-refractivity contribution in [1.82, 2.24) is 5.32 Å². The SMILES string of the molecule is NC1CCCCC1C(=O)NCC(O)C(F)(F)F. The van der Waals surface area contributed by atoms with E-state index in [1.54, 1.807) is 0 Å². The Kier molecular flexibility index (Phi) is 4.76. The molecule has 0 aromatic carbocycles. The van der Waals surface area contributed by atoms with E-state index in [-0.39, 0.29) is 6.04 Å². The molecule has 3 unspecified atom stereocenters. The summed E-state index contributed by atoms with van der Waals surface area (Å²) in [5.74, 6) is -0.940. The van der Waals surface area contributed by atoms with Crippen molar-refractivity contribution in [2.45, 2.75) is 44.0 Å². The van der Waals surface area contributed by atoms with E-state index in [0.29, 0.717) is 12.8 Å². The van der Waals surface area contributed by atoms with E-state index < -0.39 is 30.7 Å². The van der Waals surface area contributed by atoms with Crippen molar-refractivity contribution in [3.8, 4) is 0 Å². The lowest BCUT2D eigenvalue weighted by Gasteiger charge is -2.27. The molecule has 1 saturated carbocycles. The van der Waals surface area contributed by atoms with E-state index in [1.165, 1.54) is 0 Å². The molecule has 1 rings (SSSR count). The van der Waals surface area contributed by atoms with Gasteiger partial charge in [-0.05, 0) is 12.8 Å². The Morgan fingerprint density at radius 2 is 2.00 bits per heavy atom. The van der Waals surface area contributed by atoms with Crippen molar-refractivity contribution < 1.29 is 23.1 Å². The van der Waals surface area contributed by atoms with Gasteiger partial charge in [-0.25, -0.2) is 0 Å². The number of nitrogens with two attached hydrogens (primary N) is 1. The quantitative estimate of drug-likeness (QED) is 0.688. The average molecular weight is 254 g/mol. The number of halogens is 3.